The lowest BCUT2D eigenvalue weighted by Gasteiger charge is -2.41. The molecule has 210 valence electrons. The first-order chi connectivity index (χ1) is 19.8. The predicted molar refractivity (Wildman–Crippen MR) is 162 cm³/mol. The molecule has 6 rings (SSSR count). The van der Waals surface area contributed by atoms with Crippen molar-refractivity contribution in [3.63, 3.8) is 0 Å². The molecule has 0 bridgehead atoms. The summed E-state index contributed by atoms with van der Waals surface area (Å²) in [4.78, 5) is 49.0. The number of hydrogen-bond acceptors (Lipinski definition) is 4. The van der Waals surface area contributed by atoms with E-state index in [0.29, 0.717) is 23.1 Å². The molecule has 2 saturated heterocycles. The number of rotatable bonds is 6. The molecule has 10 heteroatoms. The van der Waals surface area contributed by atoms with Crippen LogP contribution in [0.3, 0.4) is 0 Å². The molecule has 41 heavy (non-hydrogen) atoms. The summed E-state index contributed by atoms with van der Waals surface area (Å²) in [5.74, 6) is -0.578. The normalized spacial score (nSPS) is 21.8. The zero-order valence-electron chi connectivity index (χ0n) is 22.3. The highest BCUT2D eigenvalue weighted by atomic mass is 35.5. The van der Waals surface area contributed by atoms with Gasteiger partial charge in [-0.05, 0) is 48.9 Å². The minimum absolute atomic E-state index is 0.0215. The Balaban J connectivity index is 1.56. The van der Waals surface area contributed by atoms with Crippen molar-refractivity contribution in [3.8, 4) is 0 Å². The number of thioether (sulfide) groups is 1. The number of aromatic nitrogens is 1. The van der Waals surface area contributed by atoms with Crippen molar-refractivity contribution in [1.82, 2.24) is 20.1 Å². The van der Waals surface area contributed by atoms with Crippen molar-refractivity contribution in [2.24, 2.45) is 0 Å². The zero-order valence-corrected chi connectivity index (χ0v) is 24.6. The van der Waals surface area contributed by atoms with Gasteiger partial charge >= 0.3 is 0 Å². The molecule has 7 nitrogen and oxygen atoms in total. The van der Waals surface area contributed by atoms with Crippen LogP contribution in [0.25, 0.3) is 10.9 Å². The lowest BCUT2D eigenvalue weighted by Crippen LogP contribution is -2.57. The predicted octanol–water partition coefficient (Wildman–Crippen LogP) is 6.00. The summed E-state index contributed by atoms with van der Waals surface area (Å²) in [7, 11) is 0. The van der Waals surface area contributed by atoms with Crippen LogP contribution in [0.15, 0.2) is 83.9 Å². The van der Waals surface area contributed by atoms with E-state index >= 15 is 0 Å². The van der Waals surface area contributed by atoms with Gasteiger partial charge < -0.3 is 20.1 Å². The van der Waals surface area contributed by atoms with E-state index in [4.69, 9.17) is 23.2 Å². The van der Waals surface area contributed by atoms with Crippen molar-refractivity contribution >= 4 is 63.6 Å². The number of nitrogens with zero attached hydrogens (tertiary/aromatic N) is 2. The lowest BCUT2D eigenvalue weighted by molar-refractivity contribution is -0.140. The Bertz CT molecular complexity index is 1630. The maximum Gasteiger partial charge on any atom is 0.242 e. The second kappa shape index (κ2) is 11.1. The smallest absolute Gasteiger partial charge is 0.242 e. The van der Waals surface area contributed by atoms with Gasteiger partial charge in [-0.2, -0.15) is 0 Å². The molecule has 0 radical (unpaired) electrons. The highest BCUT2D eigenvalue weighted by molar-refractivity contribution is 8.01. The molecular weight excluding hydrogens is 579 g/mol. The van der Waals surface area contributed by atoms with E-state index < -0.39 is 10.8 Å². The Kier molecular flexibility index (Phi) is 7.49. The van der Waals surface area contributed by atoms with Crippen LogP contribution >= 0.6 is 35.0 Å². The van der Waals surface area contributed by atoms with E-state index in [1.54, 1.807) is 17.0 Å². The van der Waals surface area contributed by atoms with Crippen molar-refractivity contribution < 1.29 is 14.4 Å². The Morgan fingerprint density at radius 2 is 1.76 bits per heavy atom. The Hall–Kier alpha value is -3.46. The number of nitrogens with one attached hydrogen (secondary N) is 2. The minimum Gasteiger partial charge on any atom is -0.361 e. The van der Waals surface area contributed by atoms with Gasteiger partial charge in [-0.15, -0.1) is 11.8 Å². The van der Waals surface area contributed by atoms with Crippen molar-refractivity contribution in [2.45, 2.75) is 35.1 Å². The molecule has 0 unspecified atom stereocenters. The largest absolute Gasteiger partial charge is 0.361 e. The zero-order chi connectivity index (χ0) is 28.7. The van der Waals surface area contributed by atoms with Crippen LogP contribution in [0, 0.1) is 0 Å². The number of carbonyl (C=O) groups excluding carboxylic acids is 3. The molecule has 2 aliphatic heterocycles. The molecule has 4 aromatic rings. The molecule has 0 aliphatic carbocycles. The van der Waals surface area contributed by atoms with E-state index in [0.717, 1.165) is 26.9 Å². The van der Waals surface area contributed by atoms with E-state index in [-0.39, 0.29) is 36.7 Å². The molecule has 3 aromatic carbocycles. The van der Waals surface area contributed by atoms with Crippen LogP contribution < -0.4 is 5.32 Å². The molecule has 2 fully saturated rings. The van der Waals surface area contributed by atoms with Crippen molar-refractivity contribution in [2.75, 3.05) is 19.6 Å². The molecule has 3 atom stereocenters. The van der Waals surface area contributed by atoms with Gasteiger partial charge in [0.25, 0.3) is 0 Å². The first-order valence-corrected chi connectivity index (χ1v) is 15.0. The number of hydrogen-bond donors (Lipinski definition) is 2. The molecule has 3 heterocycles. The summed E-state index contributed by atoms with van der Waals surface area (Å²) < 4.78 is -1.24. The van der Waals surface area contributed by atoms with Gasteiger partial charge in [0.15, 0.2) is 0 Å². The van der Waals surface area contributed by atoms with Gasteiger partial charge in [0.1, 0.15) is 4.75 Å². The second-order valence-electron chi connectivity index (χ2n) is 10.4. The van der Waals surface area contributed by atoms with Crippen LogP contribution in [-0.2, 0) is 14.4 Å². The summed E-state index contributed by atoms with van der Waals surface area (Å²) in [6, 6.07) is 21.6. The van der Waals surface area contributed by atoms with Crippen molar-refractivity contribution in [3.05, 3.63) is 100 Å². The first kappa shape index (κ1) is 27.7. The third kappa shape index (κ3) is 5.09. The second-order valence-corrected chi connectivity index (χ2v) is 12.7. The van der Waals surface area contributed by atoms with Crippen LogP contribution in [0.5, 0.6) is 0 Å². The number of carbonyl (C=O) groups is 3. The molecule has 0 spiro atoms. The molecule has 1 aromatic heterocycles. The Morgan fingerprint density at radius 1 is 1.02 bits per heavy atom. The summed E-state index contributed by atoms with van der Waals surface area (Å²) >= 11 is 13.9. The fourth-order valence-corrected chi connectivity index (χ4v) is 7.75. The molecular formula is C31H28Cl2N4O3S. The fraction of sp³-hybridized carbons (Fsp3) is 0.258. The summed E-state index contributed by atoms with van der Waals surface area (Å²) in [6.07, 6.45) is 1.86. The third-order valence-electron chi connectivity index (χ3n) is 7.89. The number of benzene rings is 3. The SMILES string of the molecule is C[C@@H](c1ccc(Cl)cc1)N1C(=O)C[C@](Sc2ccccc2)(C(=O)N2CCNC(=O)C2)[C@@H]1c1c[nH]c2cc(Cl)ccc12. The van der Waals surface area contributed by atoms with Crippen LogP contribution in [0.1, 0.15) is 36.6 Å². The number of amides is 3. The Morgan fingerprint density at radius 3 is 2.49 bits per heavy atom. The van der Waals surface area contributed by atoms with E-state index in [1.807, 2.05) is 78.7 Å². The number of fused-ring (bicyclic) bond motifs is 1. The van der Waals surface area contributed by atoms with Gasteiger partial charge in [0, 0.05) is 50.7 Å². The number of aromatic amines is 1. The quantitative estimate of drug-likeness (QED) is 0.282. The highest BCUT2D eigenvalue weighted by Crippen LogP contribution is 2.56. The molecule has 2 aliphatic rings. The van der Waals surface area contributed by atoms with Gasteiger partial charge in [-0.25, -0.2) is 0 Å². The summed E-state index contributed by atoms with van der Waals surface area (Å²) in [5, 5.41) is 4.87. The van der Waals surface area contributed by atoms with Crippen LogP contribution in [0.2, 0.25) is 10.0 Å². The van der Waals surface area contributed by atoms with Crippen LogP contribution in [0.4, 0.5) is 0 Å². The average Bonchev–Trinajstić information content (AvgIpc) is 3.50. The monoisotopic (exact) mass is 606 g/mol. The van der Waals surface area contributed by atoms with Gasteiger partial charge in [-0.1, -0.05) is 59.6 Å². The summed E-state index contributed by atoms with van der Waals surface area (Å²) in [5.41, 5.74) is 2.54. The highest BCUT2D eigenvalue weighted by Gasteiger charge is 2.61. The number of H-pyrrole nitrogens is 1. The van der Waals surface area contributed by atoms with Gasteiger partial charge in [-0.3, -0.25) is 14.4 Å². The van der Waals surface area contributed by atoms with Crippen molar-refractivity contribution in [1.29, 1.82) is 0 Å². The minimum atomic E-state index is -1.24. The average molecular weight is 608 g/mol. The first-order valence-electron chi connectivity index (χ1n) is 13.4. The standard InChI is InChI=1S/C31H28Cl2N4O3S/c1-19(20-7-9-21(32)10-8-20)37-28(39)16-31(41-23-5-3-2-4-6-23,30(40)36-14-13-34-27(38)18-36)29(37)25-17-35-26-15-22(33)11-12-24(25)26/h2-12,15,17,19,29,35H,13-14,16,18H2,1H3,(H,34,38)/t19-,29-,31+/m0/s1. The van der Waals surface area contributed by atoms with Gasteiger partial charge in [0.05, 0.1) is 25.0 Å². The summed E-state index contributed by atoms with van der Waals surface area (Å²) in [6.45, 7) is 2.67. The molecule has 2 N–H and O–H groups in total. The fourth-order valence-electron chi connectivity index (χ4n) is 5.98. The topological polar surface area (TPSA) is 85.5 Å². The van der Waals surface area contributed by atoms with Crippen LogP contribution in [-0.4, -0.2) is 56.9 Å². The maximum atomic E-state index is 14.8. The number of halogens is 2. The number of piperazine rings is 1. The van der Waals surface area contributed by atoms with E-state index in [1.165, 1.54) is 11.8 Å². The molecule has 0 saturated carbocycles. The maximum absolute atomic E-state index is 14.8. The van der Waals surface area contributed by atoms with E-state index in [2.05, 4.69) is 10.3 Å². The third-order valence-corrected chi connectivity index (χ3v) is 9.79. The van der Waals surface area contributed by atoms with Gasteiger partial charge in [0.2, 0.25) is 17.7 Å². The molecule has 3 amide bonds. The lowest BCUT2D eigenvalue weighted by atomic mass is 9.89. The van der Waals surface area contributed by atoms with E-state index in [9.17, 15) is 14.4 Å². The Labute approximate surface area is 252 Å². The number of likely N-dealkylation sites (tertiary alicyclic amines) is 1.